The van der Waals surface area contributed by atoms with E-state index in [1.54, 1.807) is 15.9 Å². The molecule has 0 spiro atoms. The third-order valence-corrected chi connectivity index (χ3v) is 13.9. The number of phenols is 1. The Balaban J connectivity index is 0.761. The Morgan fingerprint density at radius 1 is 0.951 bits per heavy atom. The molecule has 3 amide bonds. The molecule has 1 aromatic heterocycles. The summed E-state index contributed by atoms with van der Waals surface area (Å²) in [5.41, 5.74) is 4.12. The highest BCUT2D eigenvalue weighted by molar-refractivity contribution is 6.05. The molecule has 4 aromatic rings. The van der Waals surface area contributed by atoms with Gasteiger partial charge in [-0.05, 0) is 97.7 Å². The zero-order valence-corrected chi connectivity index (χ0v) is 33.8. The molecule has 16 heteroatoms. The summed E-state index contributed by atoms with van der Waals surface area (Å²) in [5.74, 6) is -0.745. The molecule has 61 heavy (non-hydrogen) atoms. The Morgan fingerprint density at radius 2 is 1.79 bits per heavy atom. The number of para-hydroxylation sites is 1. The lowest BCUT2D eigenvalue weighted by atomic mass is 9.90. The second-order valence-electron chi connectivity index (χ2n) is 17.4. The van der Waals surface area contributed by atoms with Gasteiger partial charge in [0, 0.05) is 75.0 Å². The number of imide groups is 1. The van der Waals surface area contributed by atoms with Crippen LogP contribution in [0.25, 0.3) is 11.3 Å². The number of hydrogen-bond acceptors (Lipinski definition) is 11. The van der Waals surface area contributed by atoms with E-state index >= 15 is 8.78 Å². The van der Waals surface area contributed by atoms with Crippen molar-refractivity contribution in [3.8, 4) is 22.8 Å². The number of rotatable bonds is 8. The molecule has 0 radical (unpaired) electrons. The van der Waals surface area contributed by atoms with E-state index in [1.807, 2.05) is 18.2 Å². The first-order valence-corrected chi connectivity index (χ1v) is 21.2. The van der Waals surface area contributed by atoms with Gasteiger partial charge in [0.2, 0.25) is 11.8 Å². The van der Waals surface area contributed by atoms with Crippen LogP contribution in [-0.4, -0.2) is 106 Å². The van der Waals surface area contributed by atoms with Gasteiger partial charge in [0.15, 0.2) is 17.4 Å². The Bertz CT molecular complexity index is 2430. The number of nitrogens with zero attached hydrogens (tertiary/aromatic N) is 6. The summed E-state index contributed by atoms with van der Waals surface area (Å²) < 4.78 is 50.7. The second-order valence-corrected chi connectivity index (χ2v) is 17.4. The Hall–Kier alpha value is -5.90. The van der Waals surface area contributed by atoms with Crippen LogP contribution in [0.4, 0.5) is 30.4 Å². The van der Waals surface area contributed by atoms with Crippen LogP contribution in [0.3, 0.4) is 0 Å². The largest absolute Gasteiger partial charge is 0.504 e. The van der Waals surface area contributed by atoms with E-state index in [4.69, 9.17) is 4.74 Å². The number of carbonyl (C=O) groups excluding carboxylic acids is 3. The van der Waals surface area contributed by atoms with Crippen LogP contribution in [0.5, 0.6) is 11.5 Å². The molecular formula is C45H47F3N8O5. The fourth-order valence-electron chi connectivity index (χ4n) is 10.4. The van der Waals surface area contributed by atoms with E-state index in [1.165, 1.54) is 23.3 Å². The van der Waals surface area contributed by atoms with Gasteiger partial charge in [-0.2, -0.15) is 0 Å². The van der Waals surface area contributed by atoms with E-state index < -0.39 is 41.6 Å². The van der Waals surface area contributed by atoms with Gasteiger partial charge in [0.25, 0.3) is 12.3 Å². The maximum Gasteiger partial charge on any atom is 0.263 e. The number of fused-ring (bicyclic) bond motifs is 5. The molecule has 7 heterocycles. The van der Waals surface area contributed by atoms with Crippen molar-refractivity contribution < 1.29 is 37.4 Å². The summed E-state index contributed by atoms with van der Waals surface area (Å²) in [5, 5.41) is 24.1. The number of aromatic nitrogens is 2. The van der Waals surface area contributed by atoms with Crippen LogP contribution in [0, 0.1) is 11.7 Å². The number of piperidine rings is 2. The highest BCUT2D eigenvalue weighted by Crippen LogP contribution is 2.47. The molecule has 3 aromatic carbocycles. The summed E-state index contributed by atoms with van der Waals surface area (Å²) >= 11 is 0. The Morgan fingerprint density at radius 3 is 2.59 bits per heavy atom. The maximum absolute atomic E-state index is 15.0. The highest BCUT2D eigenvalue weighted by Gasteiger charge is 2.56. The molecule has 3 N–H and O–H groups in total. The molecule has 318 valence electrons. The van der Waals surface area contributed by atoms with Crippen molar-refractivity contribution >= 4 is 34.9 Å². The predicted molar refractivity (Wildman–Crippen MR) is 220 cm³/mol. The number of anilines is 3. The molecule has 3 fully saturated rings. The number of alkyl halides is 2. The van der Waals surface area contributed by atoms with Gasteiger partial charge in [-0.25, -0.2) is 13.2 Å². The molecule has 13 nitrogen and oxygen atoms in total. The van der Waals surface area contributed by atoms with Gasteiger partial charge in [-0.15, -0.1) is 10.2 Å². The lowest BCUT2D eigenvalue weighted by Crippen LogP contribution is -2.57. The fourth-order valence-corrected chi connectivity index (χ4v) is 10.4. The number of carbonyl (C=O) groups is 3. The van der Waals surface area contributed by atoms with Crippen LogP contribution in [0.2, 0.25) is 0 Å². The minimum atomic E-state index is -2.70. The van der Waals surface area contributed by atoms with E-state index in [0.717, 1.165) is 62.8 Å². The lowest BCUT2D eigenvalue weighted by molar-refractivity contribution is -0.136. The zero-order chi connectivity index (χ0) is 42.2. The van der Waals surface area contributed by atoms with E-state index in [2.05, 4.69) is 55.8 Å². The number of benzene rings is 3. The topological polar surface area (TPSA) is 143 Å². The highest BCUT2D eigenvalue weighted by atomic mass is 19.3. The van der Waals surface area contributed by atoms with E-state index in [-0.39, 0.29) is 55.0 Å². The summed E-state index contributed by atoms with van der Waals surface area (Å²) in [6.07, 6.45) is 0.308. The van der Waals surface area contributed by atoms with Crippen molar-refractivity contribution in [3.63, 3.8) is 0 Å². The third-order valence-electron chi connectivity index (χ3n) is 13.9. The van der Waals surface area contributed by atoms with Gasteiger partial charge in [0.1, 0.15) is 23.4 Å². The first-order chi connectivity index (χ1) is 29.5. The fraction of sp³-hybridized carbons (Fsp3) is 0.444. The Labute approximate surface area is 350 Å². The van der Waals surface area contributed by atoms with Crippen LogP contribution in [0.1, 0.15) is 72.1 Å². The maximum atomic E-state index is 15.0. The van der Waals surface area contributed by atoms with Crippen molar-refractivity contribution in [2.24, 2.45) is 5.92 Å². The molecule has 10 rings (SSSR count). The number of phenolic OH excluding ortho intramolecular Hbond substituents is 1. The minimum absolute atomic E-state index is 0.0462. The molecule has 0 saturated carbocycles. The average Bonchev–Trinajstić information content (AvgIpc) is 3.80. The molecule has 0 aliphatic carbocycles. The molecule has 4 atom stereocenters. The Kier molecular flexibility index (Phi) is 9.80. The third kappa shape index (κ3) is 6.88. The standard InChI is InChI=1S/C45H47F3N8O5/c1-25-32-8-7-30(61-31-20-45(44(47)48)24-49-41-38(56(45)23-31)19-36(51-52-41)33-3-2-4-35(46)40(33)58)17-27(32)13-16-54(25)21-26-11-14-53(15-12-26)29-6-5-28-22-55(43(60)34(28)18-29)37-9-10-39(57)50-42(37)59/h2-8,17-19,25-26,31,37,44,58H,9-16,20-24H2,1H3,(H,49,52)(H,50,57,59)/t25-,31-,37+,45-/m1/s1. The predicted octanol–water partition coefficient (Wildman–Crippen LogP) is 5.67. The average molecular weight is 837 g/mol. The number of halogens is 3. The van der Waals surface area contributed by atoms with Crippen molar-refractivity contribution in [1.82, 2.24) is 25.3 Å². The second kappa shape index (κ2) is 15.2. The molecule has 6 aliphatic rings. The molecular weight excluding hydrogens is 790 g/mol. The minimum Gasteiger partial charge on any atom is -0.504 e. The van der Waals surface area contributed by atoms with Gasteiger partial charge in [-0.3, -0.25) is 24.6 Å². The smallest absolute Gasteiger partial charge is 0.263 e. The summed E-state index contributed by atoms with van der Waals surface area (Å²) in [6.45, 7) is 6.38. The van der Waals surface area contributed by atoms with Gasteiger partial charge < -0.3 is 29.9 Å². The van der Waals surface area contributed by atoms with E-state index in [0.29, 0.717) is 41.7 Å². The van der Waals surface area contributed by atoms with Crippen molar-refractivity contribution in [2.75, 3.05) is 54.4 Å². The summed E-state index contributed by atoms with van der Waals surface area (Å²) in [7, 11) is 0. The van der Waals surface area contributed by atoms with Crippen molar-refractivity contribution in [3.05, 3.63) is 88.7 Å². The van der Waals surface area contributed by atoms with Crippen molar-refractivity contribution in [2.45, 2.75) is 82.1 Å². The van der Waals surface area contributed by atoms with Crippen LogP contribution >= 0.6 is 0 Å². The number of nitrogens with one attached hydrogen (secondary N) is 2. The van der Waals surface area contributed by atoms with Crippen LogP contribution < -0.4 is 25.2 Å². The van der Waals surface area contributed by atoms with Crippen molar-refractivity contribution in [1.29, 1.82) is 0 Å². The molecule has 3 saturated heterocycles. The van der Waals surface area contributed by atoms with Crippen LogP contribution in [-0.2, 0) is 22.6 Å². The number of hydrogen-bond donors (Lipinski definition) is 3. The van der Waals surface area contributed by atoms with Gasteiger partial charge >= 0.3 is 0 Å². The quantitative estimate of drug-likeness (QED) is 0.189. The molecule has 6 aliphatic heterocycles. The number of amides is 3. The number of aromatic hydroxyl groups is 1. The molecule has 0 unspecified atom stereocenters. The monoisotopic (exact) mass is 836 g/mol. The summed E-state index contributed by atoms with van der Waals surface area (Å²) in [6, 6.07) is 17.4. The van der Waals surface area contributed by atoms with E-state index in [9.17, 15) is 23.9 Å². The van der Waals surface area contributed by atoms with Crippen LogP contribution in [0.15, 0.2) is 60.7 Å². The lowest BCUT2D eigenvalue weighted by Gasteiger charge is -2.43. The first-order valence-electron chi connectivity index (χ1n) is 21.2. The molecule has 0 bridgehead atoms. The SMILES string of the molecule is C[C@@H]1c2ccc(O[C@H]3CN4c5cc(-c6cccc(F)c6O)nnc5NC[C@@]4(C(F)F)C3)cc2CCN1CC1CCN(c2ccc3c(c2)C(=O)N([C@H]2CCC(=O)NC2=O)C3)CC1. The zero-order valence-electron chi connectivity index (χ0n) is 33.8. The normalized spacial score (nSPS) is 25.2. The van der Waals surface area contributed by atoms with Gasteiger partial charge in [0.05, 0.1) is 17.9 Å². The van der Waals surface area contributed by atoms with Gasteiger partial charge in [-0.1, -0.05) is 18.2 Å². The first kappa shape index (κ1) is 39.2. The summed E-state index contributed by atoms with van der Waals surface area (Å²) in [4.78, 5) is 45.7. The number of ether oxygens (including phenoxy) is 1.